The summed E-state index contributed by atoms with van der Waals surface area (Å²) in [5.74, 6) is -4.04. The van der Waals surface area contributed by atoms with Gasteiger partial charge in [-0.15, -0.1) is 0 Å². The van der Waals surface area contributed by atoms with Crippen LogP contribution in [0, 0.1) is 0 Å². The van der Waals surface area contributed by atoms with Crippen molar-refractivity contribution in [1.82, 2.24) is 10.2 Å². The van der Waals surface area contributed by atoms with Crippen LogP contribution >= 0.6 is 0 Å². The van der Waals surface area contributed by atoms with E-state index in [1.165, 1.54) is 4.90 Å². The zero-order valence-electron chi connectivity index (χ0n) is 8.55. The van der Waals surface area contributed by atoms with Crippen molar-refractivity contribution < 1.29 is 24.8 Å². The molecule has 0 spiro atoms. The van der Waals surface area contributed by atoms with Gasteiger partial charge in [0, 0.05) is 26.2 Å². The molecule has 1 aliphatic rings. The molecule has 1 saturated heterocycles. The average molecular weight is 230 g/mol. The van der Waals surface area contributed by atoms with E-state index in [2.05, 4.69) is 5.32 Å². The van der Waals surface area contributed by atoms with Crippen LogP contribution in [0.2, 0.25) is 0 Å². The second-order valence-electron chi connectivity index (χ2n) is 3.67. The van der Waals surface area contributed by atoms with Gasteiger partial charge >= 0.3 is 0 Å². The normalized spacial score (nSPS) is 18.9. The fourth-order valence-electron chi connectivity index (χ4n) is 1.70. The summed E-state index contributed by atoms with van der Waals surface area (Å²) in [7, 11) is 0. The maximum Gasteiger partial charge on any atom is 0.291 e. The van der Waals surface area contributed by atoms with E-state index < -0.39 is 23.2 Å². The highest BCUT2D eigenvalue weighted by atomic mass is 16.6. The number of hydrogen-bond acceptors (Lipinski definition) is 7. The SMILES string of the molecule is Oc1coc(C(O)(O)N2CCNCC2)c1O. The van der Waals surface area contributed by atoms with Crippen LogP contribution in [0.15, 0.2) is 10.7 Å². The van der Waals surface area contributed by atoms with Gasteiger partial charge in [0.15, 0.2) is 5.75 Å². The molecule has 0 amide bonds. The molecule has 2 heterocycles. The molecule has 7 heteroatoms. The first kappa shape index (κ1) is 11.2. The van der Waals surface area contributed by atoms with E-state index in [1.54, 1.807) is 0 Å². The number of piperazine rings is 1. The largest absolute Gasteiger partial charge is 0.502 e. The minimum Gasteiger partial charge on any atom is -0.502 e. The molecule has 90 valence electrons. The maximum atomic E-state index is 9.89. The quantitative estimate of drug-likeness (QED) is 0.401. The van der Waals surface area contributed by atoms with Crippen LogP contribution in [-0.4, -0.2) is 51.5 Å². The lowest BCUT2D eigenvalue weighted by Crippen LogP contribution is -2.54. The summed E-state index contributed by atoms with van der Waals surface area (Å²) < 4.78 is 4.75. The van der Waals surface area contributed by atoms with Gasteiger partial charge in [-0.3, -0.25) is 0 Å². The first-order valence-corrected chi connectivity index (χ1v) is 4.94. The highest BCUT2D eigenvalue weighted by molar-refractivity contribution is 5.40. The molecule has 1 aromatic rings. The summed E-state index contributed by atoms with van der Waals surface area (Å²) >= 11 is 0. The summed E-state index contributed by atoms with van der Waals surface area (Å²) in [6.45, 7) is 2.01. The molecule has 1 aromatic heterocycles. The second kappa shape index (κ2) is 3.95. The number of hydrogen-bond donors (Lipinski definition) is 5. The van der Waals surface area contributed by atoms with Crippen molar-refractivity contribution in [3.63, 3.8) is 0 Å². The van der Waals surface area contributed by atoms with E-state index in [1.807, 2.05) is 0 Å². The van der Waals surface area contributed by atoms with E-state index >= 15 is 0 Å². The zero-order chi connectivity index (χ0) is 11.8. The standard InChI is InChI=1S/C9H14N2O5/c12-6-5-16-8(7(6)13)9(14,15)11-3-1-10-2-4-11/h5,10,12-15H,1-4H2. The molecule has 16 heavy (non-hydrogen) atoms. The molecule has 0 unspecified atom stereocenters. The molecule has 1 aliphatic heterocycles. The molecule has 1 fully saturated rings. The van der Waals surface area contributed by atoms with Crippen LogP contribution in [0.25, 0.3) is 0 Å². The Morgan fingerprint density at radius 3 is 2.38 bits per heavy atom. The maximum absolute atomic E-state index is 9.89. The fourth-order valence-corrected chi connectivity index (χ4v) is 1.70. The van der Waals surface area contributed by atoms with Crippen LogP contribution < -0.4 is 5.32 Å². The zero-order valence-corrected chi connectivity index (χ0v) is 8.55. The molecular weight excluding hydrogens is 216 g/mol. The summed E-state index contributed by atoms with van der Waals surface area (Å²) in [5.41, 5.74) is 0. The van der Waals surface area contributed by atoms with Gasteiger partial charge in [-0.2, -0.15) is 0 Å². The van der Waals surface area contributed by atoms with Crippen molar-refractivity contribution in [2.45, 2.75) is 5.91 Å². The second-order valence-corrected chi connectivity index (χ2v) is 3.67. The predicted octanol–water partition coefficient (Wildman–Crippen LogP) is -1.31. The van der Waals surface area contributed by atoms with E-state index in [0.717, 1.165) is 6.26 Å². The van der Waals surface area contributed by atoms with Crippen LogP contribution in [-0.2, 0) is 5.91 Å². The minimum atomic E-state index is -2.41. The Hall–Kier alpha value is -1.28. The van der Waals surface area contributed by atoms with E-state index in [4.69, 9.17) is 9.52 Å². The third-order valence-electron chi connectivity index (χ3n) is 2.61. The Morgan fingerprint density at radius 2 is 1.88 bits per heavy atom. The molecule has 0 atom stereocenters. The minimum absolute atomic E-state index is 0.397. The molecule has 0 saturated carbocycles. The Morgan fingerprint density at radius 1 is 1.25 bits per heavy atom. The van der Waals surface area contributed by atoms with Gasteiger partial charge in [-0.25, -0.2) is 4.90 Å². The van der Waals surface area contributed by atoms with E-state index in [-0.39, 0.29) is 0 Å². The van der Waals surface area contributed by atoms with Gasteiger partial charge in [0.25, 0.3) is 5.91 Å². The molecule has 0 radical (unpaired) electrons. The summed E-state index contributed by atoms with van der Waals surface area (Å²) in [5, 5.41) is 41.3. The molecule has 2 rings (SSSR count). The van der Waals surface area contributed by atoms with Gasteiger partial charge in [0.05, 0.1) is 0 Å². The first-order chi connectivity index (χ1) is 7.53. The van der Waals surface area contributed by atoms with Crippen LogP contribution in [0.4, 0.5) is 0 Å². The van der Waals surface area contributed by atoms with Gasteiger partial charge < -0.3 is 30.2 Å². The lowest BCUT2D eigenvalue weighted by molar-refractivity contribution is -0.287. The molecule has 5 N–H and O–H groups in total. The number of furan rings is 1. The Bertz CT molecular complexity index is 370. The smallest absolute Gasteiger partial charge is 0.291 e. The van der Waals surface area contributed by atoms with Crippen molar-refractivity contribution in [3.8, 4) is 11.5 Å². The fraction of sp³-hybridized carbons (Fsp3) is 0.556. The van der Waals surface area contributed by atoms with Gasteiger partial charge in [-0.05, 0) is 0 Å². The summed E-state index contributed by atoms with van der Waals surface area (Å²) in [6, 6.07) is 0. The van der Waals surface area contributed by atoms with Crippen molar-refractivity contribution in [2.75, 3.05) is 26.2 Å². The number of nitrogens with one attached hydrogen (secondary N) is 1. The number of aromatic hydroxyl groups is 2. The number of rotatable bonds is 2. The molecule has 7 nitrogen and oxygen atoms in total. The summed E-state index contributed by atoms with van der Waals surface area (Å²) in [4.78, 5) is 1.33. The number of aliphatic hydroxyl groups is 2. The molecule has 0 aliphatic carbocycles. The van der Waals surface area contributed by atoms with Crippen LogP contribution in [0.1, 0.15) is 5.76 Å². The highest BCUT2D eigenvalue weighted by Gasteiger charge is 2.41. The lowest BCUT2D eigenvalue weighted by Gasteiger charge is -2.36. The van der Waals surface area contributed by atoms with Gasteiger partial charge in [0.2, 0.25) is 11.5 Å². The average Bonchev–Trinajstić information content (AvgIpc) is 2.61. The monoisotopic (exact) mass is 230 g/mol. The molecule has 0 bridgehead atoms. The third kappa shape index (κ3) is 1.74. The van der Waals surface area contributed by atoms with Gasteiger partial charge in [-0.1, -0.05) is 0 Å². The van der Waals surface area contributed by atoms with Crippen LogP contribution in [0.5, 0.6) is 11.5 Å². The molecule has 0 aromatic carbocycles. The Kier molecular flexibility index (Phi) is 2.76. The Labute approximate surface area is 91.5 Å². The first-order valence-electron chi connectivity index (χ1n) is 4.94. The van der Waals surface area contributed by atoms with Crippen LogP contribution in [0.3, 0.4) is 0 Å². The van der Waals surface area contributed by atoms with Crippen molar-refractivity contribution in [1.29, 1.82) is 0 Å². The van der Waals surface area contributed by atoms with Crippen molar-refractivity contribution >= 4 is 0 Å². The predicted molar refractivity (Wildman–Crippen MR) is 52.6 cm³/mol. The van der Waals surface area contributed by atoms with E-state index in [0.29, 0.717) is 26.2 Å². The van der Waals surface area contributed by atoms with Crippen molar-refractivity contribution in [2.24, 2.45) is 0 Å². The topological polar surface area (TPSA) is 109 Å². The van der Waals surface area contributed by atoms with Gasteiger partial charge in [0.1, 0.15) is 6.26 Å². The number of nitrogens with zero attached hydrogens (tertiary/aromatic N) is 1. The highest BCUT2D eigenvalue weighted by Crippen LogP contribution is 2.38. The molecular formula is C9H14N2O5. The third-order valence-corrected chi connectivity index (χ3v) is 2.61. The lowest BCUT2D eigenvalue weighted by atomic mass is 10.2. The Balaban J connectivity index is 2.26. The van der Waals surface area contributed by atoms with E-state index in [9.17, 15) is 15.3 Å². The van der Waals surface area contributed by atoms with Crippen molar-refractivity contribution in [3.05, 3.63) is 12.0 Å². The summed E-state index contributed by atoms with van der Waals surface area (Å²) in [6.07, 6.45) is 0.855.